The number of likely N-dealkylation sites (tertiary alicyclic amines) is 1. The molecule has 3 rings (SSSR count). The lowest BCUT2D eigenvalue weighted by Gasteiger charge is -2.24. The molecule has 0 aromatic heterocycles. The van der Waals surface area contributed by atoms with Crippen molar-refractivity contribution in [3.63, 3.8) is 0 Å². The highest BCUT2D eigenvalue weighted by atomic mass is 32.1. The summed E-state index contributed by atoms with van der Waals surface area (Å²) in [6.45, 7) is -0.565. The number of hydrogen-bond donors (Lipinski definition) is 4. The molecule has 0 aliphatic carbocycles. The lowest BCUT2D eigenvalue weighted by Crippen LogP contribution is -2.49. The first kappa shape index (κ1) is 30.6. The van der Waals surface area contributed by atoms with E-state index in [0.29, 0.717) is 11.1 Å². The minimum absolute atomic E-state index is 0.102. The van der Waals surface area contributed by atoms with Crippen molar-refractivity contribution in [2.75, 3.05) is 19.6 Å². The zero-order valence-electron chi connectivity index (χ0n) is 21.5. The van der Waals surface area contributed by atoms with Crippen molar-refractivity contribution in [1.82, 2.24) is 15.1 Å². The standard InChI is InChI=1S/C24H27N7O9S/c25-22(26)28(23(33)39-13-15-1-5-17(6-2-15)30(35)36)10-9-27-21(32)20-11-19(41)12-29(20)24(34)40-14-16-3-7-18(8-4-16)31(37)38/h1-8,19-20,41H,9-14H2,(H3,25,26)(H,27,32)/t19-,20-/m0/s1. The fourth-order valence-corrected chi connectivity index (χ4v) is 4.24. The molecule has 1 aliphatic rings. The lowest BCUT2D eigenvalue weighted by atomic mass is 10.2. The number of nitrogens with one attached hydrogen (secondary N) is 2. The molecule has 218 valence electrons. The van der Waals surface area contributed by atoms with Crippen molar-refractivity contribution in [2.45, 2.75) is 30.9 Å². The van der Waals surface area contributed by atoms with E-state index in [1.54, 1.807) is 0 Å². The molecule has 41 heavy (non-hydrogen) atoms. The fourth-order valence-electron chi connectivity index (χ4n) is 3.86. The van der Waals surface area contributed by atoms with Gasteiger partial charge in [0.2, 0.25) is 5.91 Å². The third kappa shape index (κ3) is 8.53. The summed E-state index contributed by atoms with van der Waals surface area (Å²) < 4.78 is 10.4. The van der Waals surface area contributed by atoms with E-state index < -0.39 is 39.9 Å². The maximum Gasteiger partial charge on any atom is 0.417 e. The van der Waals surface area contributed by atoms with Gasteiger partial charge in [-0.25, -0.2) is 14.5 Å². The predicted octanol–water partition coefficient (Wildman–Crippen LogP) is 2.16. The number of carbonyl (C=O) groups is 3. The molecule has 0 spiro atoms. The summed E-state index contributed by atoms with van der Waals surface area (Å²) in [5.41, 5.74) is 6.27. The molecule has 1 aliphatic heterocycles. The molecule has 1 heterocycles. The van der Waals surface area contributed by atoms with Crippen LogP contribution < -0.4 is 11.1 Å². The van der Waals surface area contributed by atoms with Gasteiger partial charge in [-0.05, 0) is 41.8 Å². The Hall–Kier alpha value is -4.93. The van der Waals surface area contributed by atoms with Gasteiger partial charge in [0.15, 0.2) is 5.96 Å². The van der Waals surface area contributed by atoms with Crippen LogP contribution >= 0.6 is 12.6 Å². The van der Waals surface area contributed by atoms with Crippen molar-refractivity contribution in [1.29, 1.82) is 5.41 Å². The zero-order chi connectivity index (χ0) is 30.1. The van der Waals surface area contributed by atoms with Crippen molar-refractivity contribution in [3.05, 3.63) is 79.9 Å². The van der Waals surface area contributed by atoms with Crippen LogP contribution in [0.25, 0.3) is 0 Å². The normalized spacial score (nSPS) is 16.0. The Morgan fingerprint density at radius 2 is 1.51 bits per heavy atom. The molecule has 0 bridgehead atoms. The molecule has 4 N–H and O–H groups in total. The van der Waals surface area contributed by atoms with Crippen molar-refractivity contribution in [3.8, 4) is 0 Å². The number of nitro benzene ring substituents is 2. The van der Waals surface area contributed by atoms with Gasteiger partial charge in [0.1, 0.15) is 19.3 Å². The average Bonchev–Trinajstić information content (AvgIpc) is 3.34. The number of amides is 3. The minimum Gasteiger partial charge on any atom is -0.445 e. The number of ether oxygens (including phenoxy) is 2. The molecule has 1 fully saturated rings. The summed E-state index contributed by atoms with van der Waals surface area (Å²) in [6.07, 6.45) is -1.48. The van der Waals surface area contributed by atoms with Crippen LogP contribution in [0.2, 0.25) is 0 Å². The van der Waals surface area contributed by atoms with Gasteiger partial charge in [0.05, 0.1) is 9.85 Å². The first-order chi connectivity index (χ1) is 19.5. The van der Waals surface area contributed by atoms with Gasteiger partial charge in [0, 0.05) is 49.1 Å². The highest BCUT2D eigenvalue weighted by Crippen LogP contribution is 2.23. The minimum atomic E-state index is -0.960. The molecule has 1 saturated heterocycles. The summed E-state index contributed by atoms with van der Waals surface area (Å²) in [7, 11) is 0. The zero-order valence-corrected chi connectivity index (χ0v) is 22.4. The third-order valence-electron chi connectivity index (χ3n) is 5.98. The molecule has 16 nitrogen and oxygen atoms in total. The summed E-state index contributed by atoms with van der Waals surface area (Å²) in [4.78, 5) is 60.4. The van der Waals surface area contributed by atoms with Crippen molar-refractivity contribution >= 4 is 48.1 Å². The number of guanidine groups is 1. The average molecular weight is 590 g/mol. The smallest absolute Gasteiger partial charge is 0.417 e. The number of thiol groups is 1. The first-order valence-electron chi connectivity index (χ1n) is 12.1. The van der Waals surface area contributed by atoms with E-state index >= 15 is 0 Å². The van der Waals surface area contributed by atoms with E-state index in [0.717, 1.165) is 4.90 Å². The van der Waals surface area contributed by atoms with Gasteiger partial charge in [-0.2, -0.15) is 12.6 Å². The quantitative estimate of drug-likeness (QED) is 0.104. The fraction of sp³-hybridized carbons (Fsp3) is 0.333. The van der Waals surface area contributed by atoms with Crippen LogP contribution in [0.5, 0.6) is 0 Å². The molecule has 17 heteroatoms. The van der Waals surface area contributed by atoms with E-state index in [9.17, 15) is 34.6 Å². The van der Waals surface area contributed by atoms with E-state index in [1.807, 2.05) is 0 Å². The molecule has 2 aromatic rings. The SMILES string of the molecule is N=C(N)N(CCNC(=O)[C@@H]1C[C@H](S)CN1C(=O)OCc1ccc([N+](=O)[O-])cc1)C(=O)OCc1ccc([N+](=O)[O-])cc1. The number of carbonyl (C=O) groups excluding carboxylic acids is 3. The monoisotopic (exact) mass is 589 g/mol. The third-order valence-corrected chi connectivity index (χ3v) is 6.36. The largest absolute Gasteiger partial charge is 0.445 e. The van der Waals surface area contributed by atoms with Gasteiger partial charge in [0.25, 0.3) is 11.4 Å². The molecular weight excluding hydrogens is 562 g/mol. The number of nitrogens with two attached hydrogens (primary N) is 1. The van der Waals surface area contributed by atoms with Crippen LogP contribution in [-0.2, 0) is 27.5 Å². The maximum absolute atomic E-state index is 12.9. The Morgan fingerprint density at radius 1 is 1.00 bits per heavy atom. The molecule has 2 aromatic carbocycles. The van der Waals surface area contributed by atoms with Crippen LogP contribution in [0.1, 0.15) is 17.5 Å². The van der Waals surface area contributed by atoms with Crippen LogP contribution in [0.4, 0.5) is 21.0 Å². The Bertz CT molecular complexity index is 1310. The molecular formula is C24H27N7O9S. The number of hydrogen-bond acceptors (Lipinski definition) is 11. The van der Waals surface area contributed by atoms with Gasteiger partial charge in [-0.1, -0.05) is 0 Å². The van der Waals surface area contributed by atoms with Crippen LogP contribution in [-0.4, -0.2) is 74.6 Å². The highest BCUT2D eigenvalue weighted by Gasteiger charge is 2.39. The highest BCUT2D eigenvalue weighted by molar-refractivity contribution is 7.81. The van der Waals surface area contributed by atoms with E-state index in [-0.39, 0.29) is 55.9 Å². The predicted molar refractivity (Wildman–Crippen MR) is 146 cm³/mol. The number of nitrogens with zero attached hydrogens (tertiary/aromatic N) is 4. The molecule has 3 amide bonds. The van der Waals surface area contributed by atoms with E-state index in [4.69, 9.17) is 20.6 Å². The van der Waals surface area contributed by atoms with Crippen LogP contribution in [0, 0.1) is 25.6 Å². The second kappa shape index (κ2) is 13.9. The molecule has 0 saturated carbocycles. The van der Waals surface area contributed by atoms with E-state index in [1.165, 1.54) is 53.4 Å². The molecule has 2 atom stereocenters. The summed E-state index contributed by atoms with van der Waals surface area (Å²) in [5.74, 6) is -1.16. The molecule has 0 radical (unpaired) electrons. The Morgan fingerprint density at radius 3 is 2.00 bits per heavy atom. The Balaban J connectivity index is 1.49. The Kier molecular flexibility index (Phi) is 10.4. The van der Waals surface area contributed by atoms with Gasteiger partial charge in [-0.15, -0.1) is 0 Å². The number of rotatable bonds is 10. The summed E-state index contributed by atoms with van der Waals surface area (Å²) in [6, 6.07) is 9.94. The van der Waals surface area contributed by atoms with Crippen LogP contribution in [0.3, 0.4) is 0 Å². The van der Waals surface area contributed by atoms with Crippen molar-refractivity contribution < 1.29 is 33.7 Å². The Labute approximate surface area is 238 Å². The first-order valence-corrected chi connectivity index (χ1v) is 12.6. The van der Waals surface area contributed by atoms with Gasteiger partial charge < -0.3 is 20.5 Å². The summed E-state index contributed by atoms with van der Waals surface area (Å²) >= 11 is 4.37. The second-order valence-electron chi connectivity index (χ2n) is 8.84. The number of nitro groups is 2. The maximum atomic E-state index is 12.9. The lowest BCUT2D eigenvalue weighted by molar-refractivity contribution is -0.385. The molecule has 0 unspecified atom stereocenters. The topological polar surface area (TPSA) is 224 Å². The van der Waals surface area contributed by atoms with E-state index in [2.05, 4.69) is 17.9 Å². The van der Waals surface area contributed by atoms with Gasteiger partial charge in [-0.3, -0.25) is 35.3 Å². The number of non-ortho nitro benzene ring substituents is 2. The van der Waals surface area contributed by atoms with Crippen LogP contribution in [0.15, 0.2) is 48.5 Å². The summed E-state index contributed by atoms with van der Waals surface area (Å²) in [5, 5.41) is 31.5. The second-order valence-corrected chi connectivity index (χ2v) is 9.57. The van der Waals surface area contributed by atoms with Crippen molar-refractivity contribution in [2.24, 2.45) is 5.73 Å². The number of benzene rings is 2. The van der Waals surface area contributed by atoms with Gasteiger partial charge >= 0.3 is 12.2 Å².